The van der Waals surface area contributed by atoms with Gasteiger partial charge in [0.1, 0.15) is 23.5 Å². The smallest absolute Gasteiger partial charge is 0.243 e. The number of aryl methyl sites for hydroxylation is 1. The van der Waals surface area contributed by atoms with Gasteiger partial charge in [-0.3, -0.25) is 0 Å². The second-order valence-corrected chi connectivity index (χ2v) is 16.2. The molecule has 262 valence electrons. The van der Waals surface area contributed by atoms with E-state index in [2.05, 4.69) is 17.0 Å². The van der Waals surface area contributed by atoms with Crippen LogP contribution in [0.2, 0.25) is 5.02 Å². The van der Waals surface area contributed by atoms with Crippen LogP contribution in [0.3, 0.4) is 0 Å². The summed E-state index contributed by atoms with van der Waals surface area (Å²) in [6.45, 7) is 2.11. The van der Waals surface area contributed by atoms with Crippen LogP contribution < -0.4 is 19.1 Å². The Kier molecular flexibility index (Phi) is 9.83. The largest absolute Gasteiger partial charge is 0.497 e. The number of fused-ring (bicyclic) bond motifs is 3. The number of nitrogens with zero attached hydrogens (tertiary/aromatic N) is 2. The van der Waals surface area contributed by atoms with Crippen LogP contribution in [0.5, 0.6) is 17.2 Å². The Morgan fingerprint density at radius 2 is 1.60 bits per heavy atom. The van der Waals surface area contributed by atoms with Crippen LogP contribution in [0.25, 0.3) is 0 Å². The lowest BCUT2D eigenvalue weighted by Crippen LogP contribution is -2.48. The van der Waals surface area contributed by atoms with Crippen LogP contribution in [0.15, 0.2) is 89.8 Å². The monoisotopic (exact) mass is 714 g/mol. The summed E-state index contributed by atoms with van der Waals surface area (Å²) >= 11 is 6.43. The predicted molar refractivity (Wildman–Crippen MR) is 195 cm³/mol. The average molecular weight is 715 g/mol. The summed E-state index contributed by atoms with van der Waals surface area (Å²) in [6.07, 6.45) is 5.83. The number of aldehydes is 1. The number of benzene rings is 4. The summed E-state index contributed by atoms with van der Waals surface area (Å²) in [7, 11) is -0.789. The standard InChI is InChI=1S/C40H43ClN2O6S/c1-47-34-12-5-28(6-13-34)22-43(23-29-7-14-35(48-2)15-8-29)50(45,46)36-16-18-39-38(21-36)42(24-31-9-10-32(31)25-44)26-40(27-49-39)19-3-4-30-20-33(41)11-17-37(30)40/h5-8,11-18,20-21,25,31-32H,3-4,9-10,19,22-24,26-27H2,1-2H3/t31-,32-,40-/m0/s1. The van der Waals surface area contributed by atoms with Gasteiger partial charge >= 0.3 is 0 Å². The SMILES string of the molecule is COc1ccc(CN(Cc2ccc(OC)cc2)S(=O)(=O)c2ccc3c(c2)N(C[C@@H]2CC[C@H]2C=O)C[C@@]2(CCCc4cc(Cl)ccc42)CO3)cc1. The first kappa shape index (κ1) is 34.4. The van der Waals surface area contributed by atoms with Crippen LogP contribution in [-0.4, -0.2) is 52.9 Å². The fourth-order valence-electron chi connectivity index (χ4n) is 7.78. The zero-order valence-corrected chi connectivity index (χ0v) is 30.1. The molecule has 8 nitrogen and oxygen atoms in total. The lowest BCUT2D eigenvalue weighted by Gasteiger charge is -2.43. The molecule has 4 aromatic carbocycles. The Balaban J connectivity index is 1.27. The van der Waals surface area contributed by atoms with E-state index in [4.69, 9.17) is 25.8 Å². The highest BCUT2D eigenvalue weighted by Gasteiger charge is 2.43. The van der Waals surface area contributed by atoms with Crippen molar-refractivity contribution in [1.82, 2.24) is 4.31 Å². The average Bonchev–Trinajstić information content (AvgIpc) is 3.27. The number of rotatable bonds is 11. The first-order valence-corrected chi connectivity index (χ1v) is 19.1. The predicted octanol–water partition coefficient (Wildman–Crippen LogP) is 7.45. The first-order chi connectivity index (χ1) is 24.2. The molecule has 50 heavy (non-hydrogen) atoms. The Labute approximate surface area is 300 Å². The molecule has 3 aliphatic rings. The molecule has 0 aromatic heterocycles. The molecule has 2 aliphatic carbocycles. The number of carbonyl (C=O) groups is 1. The van der Waals surface area contributed by atoms with Crippen molar-refractivity contribution in [2.45, 2.75) is 55.5 Å². The van der Waals surface area contributed by atoms with Gasteiger partial charge in [0, 0.05) is 42.5 Å². The summed E-state index contributed by atoms with van der Waals surface area (Å²) in [5.74, 6) is 2.27. The second kappa shape index (κ2) is 14.3. The van der Waals surface area contributed by atoms with E-state index in [1.54, 1.807) is 32.4 Å². The normalized spacial score (nSPS) is 21.4. The van der Waals surface area contributed by atoms with Crippen molar-refractivity contribution in [1.29, 1.82) is 0 Å². The van der Waals surface area contributed by atoms with Gasteiger partial charge in [-0.1, -0.05) is 41.9 Å². The molecule has 0 radical (unpaired) electrons. The Morgan fingerprint density at radius 3 is 2.20 bits per heavy atom. The molecule has 7 rings (SSSR count). The highest BCUT2D eigenvalue weighted by molar-refractivity contribution is 7.89. The fraction of sp³-hybridized carbons (Fsp3) is 0.375. The Bertz CT molecular complexity index is 1900. The molecule has 1 heterocycles. The molecule has 0 bridgehead atoms. The highest BCUT2D eigenvalue weighted by atomic mass is 35.5. The lowest BCUT2D eigenvalue weighted by molar-refractivity contribution is -0.115. The van der Waals surface area contributed by atoms with E-state index in [1.807, 2.05) is 54.6 Å². The van der Waals surface area contributed by atoms with Crippen LogP contribution in [0.4, 0.5) is 5.69 Å². The van der Waals surface area contributed by atoms with Crippen molar-refractivity contribution < 1.29 is 27.4 Å². The van der Waals surface area contributed by atoms with Crippen molar-refractivity contribution in [2.24, 2.45) is 11.8 Å². The van der Waals surface area contributed by atoms with Gasteiger partial charge in [0.25, 0.3) is 0 Å². The molecule has 0 unspecified atom stereocenters. The Hall–Kier alpha value is -4.05. The molecule has 1 fully saturated rings. The minimum atomic E-state index is -4.00. The molecule has 0 saturated heterocycles. The van der Waals surface area contributed by atoms with Crippen molar-refractivity contribution in [2.75, 3.05) is 38.8 Å². The maximum atomic E-state index is 14.7. The van der Waals surface area contributed by atoms with E-state index in [1.165, 1.54) is 15.4 Å². The minimum Gasteiger partial charge on any atom is -0.497 e. The quantitative estimate of drug-likeness (QED) is 0.149. The van der Waals surface area contributed by atoms with E-state index < -0.39 is 10.0 Å². The summed E-state index contributed by atoms with van der Waals surface area (Å²) in [6, 6.07) is 26.3. The van der Waals surface area contributed by atoms with Gasteiger partial charge in [-0.25, -0.2) is 8.42 Å². The molecule has 0 amide bonds. The molecule has 1 saturated carbocycles. The van der Waals surface area contributed by atoms with Gasteiger partial charge in [0.2, 0.25) is 10.0 Å². The highest BCUT2D eigenvalue weighted by Crippen LogP contribution is 2.46. The van der Waals surface area contributed by atoms with Gasteiger partial charge in [-0.2, -0.15) is 4.31 Å². The van der Waals surface area contributed by atoms with Crippen molar-refractivity contribution in [3.8, 4) is 17.2 Å². The van der Waals surface area contributed by atoms with Crippen LogP contribution in [-0.2, 0) is 39.7 Å². The summed E-state index contributed by atoms with van der Waals surface area (Å²) in [5.41, 5.74) is 4.60. The number of sulfonamides is 1. The molecule has 1 aliphatic heterocycles. The van der Waals surface area contributed by atoms with Crippen LogP contribution in [0.1, 0.15) is 47.9 Å². The summed E-state index contributed by atoms with van der Waals surface area (Å²) in [4.78, 5) is 14.4. The second-order valence-electron chi connectivity index (χ2n) is 13.8. The molecular formula is C40H43ClN2O6S. The third-order valence-corrected chi connectivity index (χ3v) is 12.8. The zero-order chi connectivity index (χ0) is 34.9. The third-order valence-electron chi connectivity index (χ3n) is 10.8. The molecule has 1 spiro atoms. The maximum Gasteiger partial charge on any atom is 0.243 e. The van der Waals surface area contributed by atoms with Crippen molar-refractivity contribution in [3.05, 3.63) is 112 Å². The van der Waals surface area contributed by atoms with Crippen molar-refractivity contribution >= 4 is 33.6 Å². The van der Waals surface area contributed by atoms with Crippen molar-refractivity contribution in [3.63, 3.8) is 0 Å². The van der Waals surface area contributed by atoms with Gasteiger partial charge in [-0.05, 0) is 115 Å². The maximum absolute atomic E-state index is 14.7. The molecule has 10 heteroatoms. The van der Waals surface area contributed by atoms with Gasteiger partial charge in [0.05, 0.1) is 31.4 Å². The van der Waals surface area contributed by atoms with Crippen LogP contribution >= 0.6 is 11.6 Å². The van der Waals surface area contributed by atoms with Gasteiger partial charge in [0.15, 0.2) is 0 Å². The molecule has 4 aromatic rings. The molecule has 0 N–H and O–H groups in total. The van der Waals surface area contributed by atoms with Crippen LogP contribution in [0, 0.1) is 11.8 Å². The number of anilines is 1. The van der Waals surface area contributed by atoms with E-state index >= 15 is 0 Å². The molecular weight excluding hydrogens is 672 g/mol. The topological polar surface area (TPSA) is 85.4 Å². The van der Waals surface area contributed by atoms with Gasteiger partial charge in [-0.15, -0.1) is 0 Å². The number of methoxy groups -OCH3 is 2. The minimum absolute atomic E-state index is 0.00687. The fourth-order valence-corrected chi connectivity index (χ4v) is 9.41. The lowest BCUT2D eigenvalue weighted by atomic mass is 9.69. The molecule has 3 atom stereocenters. The summed E-state index contributed by atoms with van der Waals surface area (Å²) < 4.78 is 48.2. The van der Waals surface area contributed by atoms with E-state index in [9.17, 15) is 13.2 Å². The van der Waals surface area contributed by atoms with E-state index in [0.29, 0.717) is 36.9 Å². The Morgan fingerprint density at radius 1 is 0.920 bits per heavy atom. The number of hydrogen-bond acceptors (Lipinski definition) is 7. The van der Waals surface area contributed by atoms with Gasteiger partial charge < -0.3 is 23.9 Å². The van der Waals surface area contributed by atoms with E-state index in [-0.39, 0.29) is 35.2 Å². The zero-order valence-electron chi connectivity index (χ0n) is 28.5. The first-order valence-electron chi connectivity index (χ1n) is 17.2. The number of halogens is 1. The third kappa shape index (κ3) is 6.83. The van der Waals surface area contributed by atoms with E-state index in [0.717, 1.165) is 60.2 Å². The number of hydrogen-bond donors (Lipinski definition) is 0. The number of ether oxygens (including phenoxy) is 3. The summed E-state index contributed by atoms with van der Waals surface area (Å²) in [5, 5.41) is 0.724. The number of carbonyl (C=O) groups excluding carboxylic acids is 1.